The zero-order chi connectivity index (χ0) is 19.7. The number of amides is 1. The quantitative estimate of drug-likeness (QED) is 0.798. The first-order valence-corrected chi connectivity index (χ1v) is 9.60. The van der Waals surface area contributed by atoms with Gasteiger partial charge in [0, 0.05) is 30.8 Å². The Hall–Kier alpha value is -2.57. The summed E-state index contributed by atoms with van der Waals surface area (Å²) in [4.78, 5) is 26.2. The van der Waals surface area contributed by atoms with Gasteiger partial charge in [-0.25, -0.2) is 4.39 Å². The topological polar surface area (TPSA) is 69.6 Å². The van der Waals surface area contributed by atoms with Crippen LogP contribution in [0.25, 0.3) is 0 Å². The lowest BCUT2D eigenvalue weighted by Gasteiger charge is -2.38. The highest BCUT2D eigenvalue weighted by molar-refractivity contribution is 6.00. The van der Waals surface area contributed by atoms with Gasteiger partial charge in [-0.2, -0.15) is 0 Å². The lowest BCUT2D eigenvalue weighted by atomic mass is 9.84. The van der Waals surface area contributed by atoms with Crippen molar-refractivity contribution in [2.24, 2.45) is 0 Å². The third-order valence-corrected chi connectivity index (χ3v) is 5.74. The molecule has 5 nitrogen and oxygen atoms in total. The third-order valence-electron chi connectivity index (χ3n) is 5.74. The Morgan fingerprint density at radius 1 is 1.14 bits per heavy atom. The molecular weight excluding hydrogens is 359 g/mol. The minimum Gasteiger partial charge on any atom is -0.385 e. The van der Waals surface area contributed by atoms with Crippen LogP contribution in [0.2, 0.25) is 0 Å². The Balaban J connectivity index is 1.38. The zero-order valence-corrected chi connectivity index (χ0v) is 15.6. The second-order valence-corrected chi connectivity index (χ2v) is 7.66. The van der Waals surface area contributed by atoms with Crippen LogP contribution in [-0.2, 0) is 16.8 Å². The fraction of sp³-hybridized carbons (Fsp3) is 0.364. The average molecular weight is 382 g/mol. The standard InChI is InChI=1S/C22H23FN2O3/c23-18-3-1-2-17(13-18)22(28)8-10-25(11-9-22)14-20(26)16-4-6-19-15(12-16)5-7-21(27)24-19/h1-4,6,12-13,28H,5,7-11,14H2,(H,24,27). The summed E-state index contributed by atoms with van der Waals surface area (Å²) in [5, 5.41) is 13.7. The van der Waals surface area contributed by atoms with E-state index < -0.39 is 5.60 Å². The van der Waals surface area contributed by atoms with Gasteiger partial charge in [-0.1, -0.05) is 12.1 Å². The van der Waals surface area contributed by atoms with Gasteiger partial charge < -0.3 is 10.4 Å². The first-order valence-electron chi connectivity index (χ1n) is 9.60. The van der Waals surface area contributed by atoms with Gasteiger partial charge in [0.1, 0.15) is 5.82 Å². The van der Waals surface area contributed by atoms with Crippen molar-refractivity contribution in [3.8, 4) is 0 Å². The normalized spacial score (nSPS) is 19.0. The molecule has 0 bridgehead atoms. The predicted molar refractivity (Wildman–Crippen MR) is 104 cm³/mol. The lowest BCUT2D eigenvalue weighted by molar-refractivity contribution is -0.116. The summed E-state index contributed by atoms with van der Waals surface area (Å²) in [6.07, 6.45) is 2.00. The molecule has 2 heterocycles. The Kier molecular flexibility index (Phi) is 5.00. The number of hydrogen-bond acceptors (Lipinski definition) is 4. The van der Waals surface area contributed by atoms with E-state index in [9.17, 15) is 19.1 Å². The number of hydrogen-bond donors (Lipinski definition) is 2. The molecule has 1 saturated heterocycles. The van der Waals surface area contributed by atoms with Crippen LogP contribution in [0.1, 0.15) is 40.7 Å². The van der Waals surface area contributed by atoms with Crippen LogP contribution < -0.4 is 5.32 Å². The molecule has 0 atom stereocenters. The smallest absolute Gasteiger partial charge is 0.224 e. The number of nitrogens with one attached hydrogen (secondary N) is 1. The zero-order valence-electron chi connectivity index (χ0n) is 15.6. The number of rotatable bonds is 4. The van der Waals surface area contributed by atoms with Crippen molar-refractivity contribution >= 4 is 17.4 Å². The average Bonchev–Trinajstić information content (AvgIpc) is 2.69. The Bertz CT molecular complexity index is 920. The summed E-state index contributed by atoms with van der Waals surface area (Å²) < 4.78 is 13.5. The summed E-state index contributed by atoms with van der Waals surface area (Å²) in [5.41, 5.74) is 1.96. The van der Waals surface area contributed by atoms with E-state index in [0.29, 0.717) is 49.9 Å². The van der Waals surface area contributed by atoms with Crippen molar-refractivity contribution < 1.29 is 19.1 Å². The number of anilines is 1. The molecule has 146 valence electrons. The van der Waals surface area contributed by atoms with Crippen LogP contribution in [0.4, 0.5) is 10.1 Å². The molecule has 0 aliphatic carbocycles. The fourth-order valence-electron chi connectivity index (χ4n) is 4.00. The molecule has 0 unspecified atom stereocenters. The lowest BCUT2D eigenvalue weighted by Crippen LogP contribution is -2.44. The summed E-state index contributed by atoms with van der Waals surface area (Å²) in [6, 6.07) is 11.5. The number of carbonyl (C=O) groups excluding carboxylic acids is 2. The second kappa shape index (κ2) is 7.45. The van der Waals surface area contributed by atoms with E-state index in [2.05, 4.69) is 5.32 Å². The number of ketones is 1. The van der Waals surface area contributed by atoms with Gasteiger partial charge in [0.05, 0.1) is 12.1 Å². The van der Waals surface area contributed by atoms with Crippen molar-refractivity contribution in [3.05, 3.63) is 65.0 Å². The van der Waals surface area contributed by atoms with E-state index in [0.717, 1.165) is 11.3 Å². The van der Waals surface area contributed by atoms with Crippen molar-refractivity contribution in [1.29, 1.82) is 0 Å². The number of aliphatic hydroxyl groups is 1. The van der Waals surface area contributed by atoms with E-state index in [1.165, 1.54) is 12.1 Å². The van der Waals surface area contributed by atoms with Crippen LogP contribution >= 0.6 is 0 Å². The molecular formula is C22H23FN2O3. The molecule has 6 heteroatoms. The van der Waals surface area contributed by atoms with E-state index >= 15 is 0 Å². The number of aryl methyl sites for hydroxylation is 1. The van der Waals surface area contributed by atoms with E-state index in [1.807, 2.05) is 11.0 Å². The first kappa shape index (κ1) is 18.8. The van der Waals surface area contributed by atoms with Gasteiger partial charge in [0.25, 0.3) is 0 Å². The maximum Gasteiger partial charge on any atom is 0.224 e. The van der Waals surface area contributed by atoms with Gasteiger partial charge in [-0.15, -0.1) is 0 Å². The molecule has 2 aromatic carbocycles. The molecule has 2 aliphatic heterocycles. The van der Waals surface area contributed by atoms with Crippen molar-refractivity contribution in [3.63, 3.8) is 0 Å². The highest BCUT2D eigenvalue weighted by Crippen LogP contribution is 2.33. The molecule has 0 spiro atoms. The van der Waals surface area contributed by atoms with Gasteiger partial charge in [0.15, 0.2) is 5.78 Å². The molecule has 1 amide bonds. The Morgan fingerprint density at radius 3 is 2.68 bits per heavy atom. The van der Waals surface area contributed by atoms with Crippen molar-refractivity contribution in [1.82, 2.24) is 4.90 Å². The summed E-state index contributed by atoms with van der Waals surface area (Å²) in [5.74, 6) is -0.325. The van der Waals surface area contributed by atoms with Crippen LogP contribution in [0.3, 0.4) is 0 Å². The summed E-state index contributed by atoms with van der Waals surface area (Å²) >= 11 is 0. The summed E-state index contributed by atoms with van der Waals surface area (Å²) in [7, 11) is 0. The van der Waals surface area contributed by atoms with E-state index in [1.54, 1.807) is 24.3 Å². The summed E-state index contributed by atoms with van der Waals surface area (Å²) in [6.45, 7) is 1.42. The number of piperidine rings is 1. The number of benzene rings is 2. The maximum atomic E-state index is 13.5. The van der Waals surface area contributed by atoms with Gasteiger partial charge in [-0.3, -0.25) is 14.5 Å². The van der Waals surface area contributed by atoms with Gasteiger partial charge >= 0.3 is 0 Å². The van der Waals surface area contributed by atoms with Crippen molar-refractivity contribution in [2.45, 2.75) is 31.3 Å². The molecule has 0 saturated carbocycles. The minimum absolute atomic E-state index is 0.00526. The number of carbonyl (C=O) groups is 2. The van der Waals surface area contributed by atoms with Crippen molar-refractivity contribution in [2.75, 3.05) is 25.0 Å². The SMILES string of the molecule is O=C1CCc2cc(C(=O)CN3CCC(O)(c4cccc(F)c4)CC3)ccc2N1. The van der Waals surface area contributed by atoms with Crippen LogP contribution in [0.5, 0.6) is 0 Å². The number of Topliss-reactive ketones (excluding diaryl/α,β-unsaturated/α-hetero) is 1. The van der Waals surface area contributed by atoms with E-state index in [-0.39, 0.29) is 24.1 Å². The molecule has 0 radical (unpaired) electrons. The van der Waals surface area contributed by atoms with Gasteiger partial charge in [-0.05, 0) is 60.7 Å². The number of likely N-dealkylation sites (tertiary alicyclic amines) is 1. The highest BCUT2D eigenvalue weighted by atomic mass is 19.1. The third kappa shape index (κ3) is 3.84. The number of fused-ring (bicyclic) bond motifs is 1. The molecule has 0 aromatic heterocycles. The van der Waals surface area contributed by atoms with Crippen LogP contribution in [0.15, 0.2) is 42.5 Å². The van der Waals surface area contributed by atoms with Crippen LogP contribution in [-0.4, -0.2) is 41.3 Å². The predicted octanol–water partition coefficient (Wildman–Crippen LogP) is 2.88. The fourth-order valence-corrected chi connectivity index (χ4v) is 4.00. The number of halogens is 1. The van der Waals surface area contributed by atoms with Crippen LogP contribution in [0, 0.1) is 5.82 Å². The molecule has 2 aliphatic rings. The first-order chi connectivity index (χ1) is 13.4. The largest absolute Gasteiger partial charge is 0.385 e. The Morgan fingerprint density at radius 2 is 1.93 bits per heavy atom. The minimum atomic E-state index is -1.05. The highest BCUT2D eigenvalue weighted by Gasteiger charge is 2.34. The number of nitrogens with zero attached hydrogens (tertiary/aromatic N) is 1. The van der Waals surface area contributed by atoms with E-state index in [4.69, 9.17) is 0 Å². The Labute approximate surface area is 163 Å². The second-order valence-electron chi connectivity index (χ2n) is 7.66. The molecule has 4 rings (SSSR count). The molecule has 1 fully saturated rings. The monoisotopic (exact) mass is 382 g/mol. The van der Waals surface area contributed by atoms with Gasteiger partial charge in [0.2, 0.25) is 5.91 Å². The molecule has 2 N–H and O–H groups in total. The molecule has 28 heavy (non-hydrogen) atoms. The molecule has 2 aromatic rings. The maximum absolute atomic E-state index is 13.5.